The fourth-order valence-corrected chi connectivity index (χ4v) is 0.603. The summed E-state index contributed by atoms with van der Waals surface area (Å²) >= 11 is 0. The Labute approximate surface area is 81.5 Å². The Hall–Kier alpha value is -2.04. The second-order valence-electron chi connectivity index (χ2n) is 2.46. The monoisotopic (exact) mass is 196 g/mol. The number of amides is 3. The molecule has 0 aliphatic rings. The molecule has 0 radical (unpaired) electrons. The molecule has 1 aromatic carbocycles. The van der Waals surface area contributed by atoms with Gasteiger partial charge < -0.3 is 10.8 Å². The van der Waals surface area contributed by atoms with Crippen LogP contribution in [0.15, 0.2) is 24.3 Å². The molecule has 0 aliphatic heterocycles. The second kappa shape index (κ2) is 6.47. The van der Waals surface area contributed by atoms with Gasteiger partial charge in [0.25, 0.3) is 0 Å². The molecule has 0 atom stereocenters. The number of carbonyl (C=O) groups is 2. The molecule has 0 saturated heterocycles. The van der Waals surface area contributed by atoms with Gasteiger partial charge in [-0.3, -0.25) is 10.1 Å². The summed E-state index contributed by atoms with van der Waals surface area (Å²) in [5.41, 5.74) is 5.59. The van der Waals surface area contributed by atoms with E-state index >= 15 is 0 Å². The molecule has 0 saturated carbocycles. The molecule has 0 aliphatic carbocycles. The lowest BCUT2D eigenvalue weighted by atomic mass is 10.2. The van der Waals surface area contributed by atoms with E-state index < -0.39 is 6.03 Å². The molecule has 4 N–H and O–H groups in total. The molecule has 0 fully saturated rings. The fourth-order valence-electron chi connectivity index (χ4n) is 0.603. The summed E-state index contributed by atoms with van der Waals surface area (Å²) in [6.45, 7) is 1.99. The zero-order valence-electron chi connectivity index (χ0n) is 7.73. The van der Waals surface area contributed by atoms with Crippen LogP contribution in [0.4, 0.5) is 4.79 Å². The fraction of sp³-hybridized carbons (Fsp3) is 0.111. The van der Waals surface area contributed by atoms with Crippen LogP contribution >= 0.6 is 0 Å². The first kappa shape index (κ1) is 12.0. The highest BCUT2D eigenvalue weighted by Crippen LogP contribution is 2.07. The first-order chi connectivity index (χ1) is 6.56. The number of nitrogens with one attached hydrogen (secondary N) is 1. The number of phenolic OH excluding ortho intramolecular Hbond substituents is 1. The second-order valence-corrected chi connectivity index (χ2v) is 2.46. The average molecular weight is 196 g/mol. The largest absolute Gasteiger partial charge is 0.508 e. The van der Waals surface area contributed by atoms with Gasteiger partial charge in [0.15, 0.2) is 0 Å². The van der Waals surface area contributed by atoms with E-state index in [2.05, 4.69) is 5.73 Å². The summed E-state index contributed by atoms with van der Waals surface area (Å²) in [7, 11) is 0. The van der Waals surface area contributed by atoms with Crippen LogP contribution in [0.25, 0.3) is 0 Å². The molecule has 0 unspecified atom stereocenters. The zero-order chi connectivity index (χ0) is 11.0. The van der Waals surface area contributed by atoms with Gasteiger partial charge in [-0.25, -0.2) is 4.79 Å². The van der Waals surface area contributed by atoms with Crippen molar-refractivity contribution in [3.63, 3.8) is 0 Å². The number of aryl methyl sites for hydroxylation is 1. The van der Waals surface area contributed by atoms with Gasteiger partial charge in [-0.05, 0) is 19.1 Å². The maximum atomic E-state index is 9.48. The van der Waals surface area contributed by atoms with Gasteiger partial charge in [0.1, 0.15) is 5.75 Å². The van der Waals surface area contributed by atoms with E-state index in [0.29, 0.717) is 5.75 Å². The van der Waals surface area contributed by atoms with Crippen molar-refractivity contribution in [1.29, 1.82) is 0 Å². The van der Waals surface area contributed by atoms with Crippen LogP contribution in [-0.4, -0.2) is 17.5 Å². The third-order valence-electron chi connectivity index (χ3n) is 1.24. The van der Waals surface area contributed by atoms with Gasteiger partial charge in [-0.1, -0.05) is 17.7 Å². The lowest BCUT2D eigenvalue weighted by Crippen LogP contribution is -2.27. The van der Waals surface area contributed by atoms with E-state index in [9.17, 15) is 9.59 Å². The molecule has 5 heteroatoms. The molecule has 76 valence electrons. The number of phenols is 1. The Balaban J connectivity index is 0.000000255. The van der Waals surface area contributed by atoms with E-state index in [1.807, 2.05) is 19.1 Å². The lowest BCUT2D eigenvalue weighted by Gasteiger charge is -1.89. The molecule has 0 aromatic heterocycles. The molecule has 1 rings (SSSR count). The van der Waals surface area contributed by atoms with Crippen LogP contribution in [0, 0.1) is 6.92 Å². The predicted octanol–water partition coefficient (Wildman–Crippen LogP) is 0.512. The molecule has 0 heterocycles. The summed E-state index contributed by atoms with van der Waals surface area (Å²) in [4.78, 5) is 18.7. The molecular formula is C9H12N2O3. The summed E-state index contributed by atoms with van der Waals surface area (Å²) < 4.78 is 0. The highest BCUT2D eigenvalue weighted by Gasteiger charge is 1.82. The number of aromatic hydroxyl groups is 1. The number of nitrogens with two attached hydrogens (primary N) is 1. The van der Waals surface area contributed by atoms with Crippen LogP contribution in [-0.2, 0) is 4.79 Å². The Morgan fingerprint density at radius 1 is 1.43 bits per heavy atom. The van der Waals surface area contributed by atoms with Gasteiger partial charge in [0, 0.05) is 0 Å². The standard InChI is InChI=1S/C7H8O.C2H4N2O2/c1-6-2-4-7(8)5-3-6;3-2(6)4-1-5/h2-5,8H,1H3;1H,(H3,3,4,5,6). The minimum absolute atomic E-state index is 0.225. The van der Waals surface area contributed by atoms with Crippen molar-refractivity contribution in [3.05, 3.63) is 29.8 Å². The molecule has 0 spiro atoms. The number of hydrogen-bond donors (Lipinski definition) is 3. The smallest absolute Gasteiger partial charge is 0.318 e. The van der Waals surface area contributed by atoms with Crippen molar-refractivity contribution >= 4 is 12.4 Å². The van der Waals surface area contributed by atoms with E-state index in [0.717, 1.165) is 0 Å². The van der Waals surface area contributed by atoms with Crippen molar-refractivity contribution in [1.82, 2.24) is 5.32 Å². The van der Waals surface area contributed by atoms with E-state index in [1.54, 1.807) is 17.4 Å². The van der Waals surface area contributed by atoms with Crippen molar-refractivity contribution in [2.75, 3.05) is 0 Å². The van der Waals surface area contributed by atoms with Crippen LogP contribution < -0.4 is 11.1 Å². The number of primary amides is 1. The number of imide groups is 1. The Morgan fingerprint density at radius 2 is 1.93 bits per heavy atom. The van der Waals surface area contributed by atoms with Crippen LogP contribution in [0.2, 0.25) is 0 Å². The molecule has 1 aromatic rings. The minimum atomic E-state index is -0.829. The normalized spacial score (nSPS) is 8.07. The maximum absolute atomic E-state index is 9.48. The van der Waals surface area contributed by atoms with Gasteiger partial charge in [0.2, 0.25) is 6.41 Å². The Bertz CT molecular complexity index is 274. The molecule has 14 heavy (non-hydrogen) atoms. The number of benzene rings is 1. The highest BCUT2D eigenvalue weighted by atomic mass is 16.3. The molecule has 3 amide bonds. The van der Waals surface area contributed by atoms with Crippen LogP contribution in [0.5, 0.6) is 5.75 Å². The first-order valence-corrected chi connectivity index (χ1v) is 3.81. The summed E-state index contributed by atoms with van der Waals surface area (Å²) in [5.74, 6) is 0.329. The number of hydrogen-bond acceptors (Lipinski definition) is 3. The third-order valence-corrected chi connectivity index (χ3v) is 1.24. The number of carbonyl (C=O) groups excluding carboxylic acids is 2. The zero-order valence-corrected chi connectivity index (χ0v) is 7.73. The van der Waals surface area contributed by atoms with Crippen molar-refractivity contribution in [3.8, 4) is 5.75 Å². The van der Waals surface area contributed by atoms with Crippen molar-refractivity contribution in [2.45, 2.75) is 6.92 Å². The lowest BCUT2D eigenvalue weighted by molar-refractivity contribution is -0.108. The quantitative estimate of drug-likeness (QED) is 0.571. The first-order valence-electron chi connectivity index (χ1n) is 3.81. The van der Waals surface area contributed by atoms with Gasteiger partial charge in [-0.15, -0.1) is 0 Å². The number of rotatable bonds is 1. The van der Waals surface area contributed by atoms with E-state index in [1.165, 1.54) is 5.56 Å². The van der Waals surface area contributed by atoms with Crippen molar-refractivity contribution in [2.24, 2.45) is 5.73 Å². The van der Waals surface area contributed by atoms with Gasteiger partial charge in [0.05, 0.1) is 0 Å². The summed E-state index contributed by atoms with van der Waals surface area (Å²) in [6.07, 6.45) is 0.225. The summed E-state index contributed by atoms with van der Waals surface area (Å²) in [6, 6.07) is 6.26. The third kappa shape index (κ3) is 6.66. The van der Waals surface area contributed by atoms with Crippen LogP contribution in [0.3, 0.4) is 0 Å². The van der Waals surface area contributed by atoms with Crippen LogP contribution in [0.1, 0.15) is 5.56 Å². The Morgan fingerprint density at radius 3 is 2.14 bits per heavy atom. The molecule has 5 nitrogen and oxygen atoms in total. The SMILES string of the molecule is Cc1ccc(O)cc1.NC(=O)NC=O. The van der Waals surface area contributed by atoms with Crippen molar-refractivity contribution < 1.29 is 14.7 Å². The minimum Gasteiger partial charge on any atom is -0.508 e. The topological polar surface area (TPSA) is 92.4 Å². The highest BCUT2D eigenvalue weighted by molar-refractivity contribution is 5.82. The van der Waals surface area contributed by atoms with Gasteiger partial charge in [-0.2, -0.15) is 0 Å². The maximum Gasteiger partial charge on any atom is 0.318 e. The Kier molecular flexibility index (Phi) is 5.53. The van der Waals surface area contributed by atoms with E-state index in [4.69, 9.17) is 5.11 Å². The number of urea groups is 1. The molecular weight excluding hydrogens is 184 g/mol. The van der Waals surface area contributed by atoms with Gasteiger partial charge >= 0.3 is 6.03 Å². The predicted molar refractivity (Wildman–Crippen MR) is 51.6 cm³/mol. The average Bonchev–Trinajstić information content (AvgIpc) is 2.11. The summed E-state index contributed by atoms with van der Waals surface area (Å²) in [5, 5.41) is 10.4. The van der Waals surface area contributed by atoms with E-state index in [-0.39, 0.29) is 6.41 Å². The molecule has 0 bridgehead atoms.